The predicted octanol–water partition coefficient (Wildman–Crippen LogP) is 0.496. The van der Waals surface area contributed by atoms with Gasteiger partial charge in [0.15, 0.2) is 12.2 Å². The average molecular weight is 292 g/mol. The number of esters is 3. The molecule has 1 aliphatic heterocycles. The monoisotopic (exact) mass is 292 g/mol. The highest BCUT2D eigenvalue weighted by Gasteiger charge is 2.50. The van der Waals surface area contributed by atoms with Gasteiger partial charge in [0, 0.05) is 20.8 Å². The number of rotatable bonds is 3. The van der Waals surface area contributed by atoms with Gasteiger partial charge in [-0.1, -0.05) is 0 Å². The maximum absolute atomic E-state index is 14.2. The van der Waals surface area contributed by atoms with Crippen LogP contribution in [0.1, 0.15) is 27.7 Å². The normalized spacial score (nSPS) is 33.1. The first kappa shape index (κ1) is 16.4. The molecule has 1 rings (SSSR count). The SMILES string of the molecule is CC(=O)O[C@@H]1O[C@@H](C)[C@H](OC(C)=O)[C@@H](OC(C)=O)[C@@H]1F. The second-order valence-electron chi connectivity index (χ2n) is 4.41. The van der Waals surface area contributed by atoms with E-state index in [-0.39, 0.29) is 0 Å². The molecule has 1 fully saturated rings. The van der Waals surface area contributed by atoms with Crippen LogP contribution in [0.4, 0.5) is 4.39 Å². The Morgan fingerprint density at radius 3 is 1.80 bits per heavy atom. The number of alkyl halides is 1. The van der Waals surface area contributed by atoms with Crippen molar-refractivity contribution in [3.63, 3.8) is 0 Å². The summed E-state index contributed by atoms with van der Waals surface area (Å²) in [6.45, 7) is 4.83. The summed E-state index contributed by atoms with van der Waals surface area (Å²) in [6.07, 6.45) is -6.79. The molecule has 0 saturated carbocycles. The largest absolute Gasteiger partial charge is 0.456 e. The first-order chi connectivity index (χ1) is 9.22. The highest BCUT2D eigenvalue weighted by Crippen LogP contribution is 2.29. The van der Waals surface area contributed by atoms with Gasteiger partial charge in [0.2, 0.25) is 12.5 Å². The van der Waals surface area contributed by atoms with E-state index >= 15 is 0 Å². The van der Waals surface area contributed by atoms with Gasteiger partial charge in [0.1, 0.15) is 0 Å². The second-order valence-corrected chi connectivity index (χ2v) is 4.41. The van der Waals surface area contributed by atoms with Crippen LogP contribution in [-0.2, 0) is 33.3 Å². The van der Waals surface area contributed by atoms with Crippen LogP contribution >= 0.6 is 0 Å². The van der Waals surface area contributed by atoms with Crippen LogP contribution in [0.3, 0.4) is 0 Å². The van der Waals surface area contributed by atoms with Crippen LogP contribution in [0.2, 0.25) is 0 Å². The zero-order valence-electron chi connectivity index (χ0n) is 11.6. The molecule has 1 saturated heterocycles. The van der Waals surface area contributed by atoms with E-state index in [1.54, 1.807) is 0 Å². The Kier molecular flexibility index (Phi) is 5.43. The summed E-state index contributed by atoms with van der Waals surface area (Å²) >= 11 is 0. The molecule has 20 heavy (non-hydrogen) atoms. The zero-order valence-corrected chi connectivity index (χ0v) is 11.6. The molecule has 0 unspecified atom stereocenters. The molecular weight excluding hydrogens is 275 g/mol. The van der Waals surface area contributed by atoms with E-state index in [2.05, 4.69) is 4.74 Å². The summed E-state index contributed by atoms with van der Waals surface area (Å²) in [7, 11) is 0. The molecule has 0 aromatic carbocycles. The Morgan fingerprint density at radius 2 is 1.35 bits per heavy atom. The number of carbonyl (C=O) groups is 3. The molecule has 0 radical (unpaired) electrons. The second kappa shape index (κ2) is 6.65. The van der Waals surface area contributed by atoms with Gasteiger partial charge in [0.05, 0.1) is 6.10 Å². The molecule has 1 aliphatic rings. The molecule has 0 bridgehead atoms. The summed E-state index contributed by atoms with van der Waals surface area (Å²) in [5.41, 5.74) is 0. The lowest BCUT2D eigenvalue weighted by atomic mass is 10.00. The lowest BCUT2D eigenvalue weighted by molar-refractivity contribution is -0.276. The standard InChI is InChI=1S/C12H17FO7/c1-5-10(18-6(2)14)11(19-7(3)15)9(13)12(17-5)20-8(4)16/h5,9-12H,1-4H3/t5-,9-,10-,11-,12-/m0/s1. The van der Waals surface area contributed by atoms with E-state index in [9.17, 15) is 18.8 Å². The quantitative estimate of drug-likeness (QED) is 0.552. The molecule has 114 valence electrons. The van der Waals surface area contributed by atoms with Crippen LogP contribution in [0.25, 0.3) is 0 Å². The summed E-state index contributed by atoms with van der Waals surface area (Å²) in [5.74, 6) is -2.15. The fourth-order valence-electron chi connectivity index (χ4n) is 1.90. The smallest absolute Gasteiger partial charge is 0.305 e. The number of halogens is 1. The van der Waals surface area contributed by atoms with Crippen molar-refractivity contribution >= 4 is 17.9 Å². The summed E-state index contributed by atoms with van der Waals surface area (Å²) in [4.78, 5) is 33.0. The Hall–Kier alpha value is -1.70. The molecule has 0 aromatic rings. The zero-order chi connectivity index (χ0) is 15.4. The van der Waals surface area contributed by atoms with E-state index in [0.717, 1.165) is 20.8 Å². The van der Waals surface area contributed by atoms with Gasteiger partial charge in [-0.3, -0.25) is 14.4 Å². The van der Waals surface area contributed by atoms with Gasteiger partial charge in [-0.15, -0.1) is 0 Å². The molecule has 7 nitrogen and oxygen atoms in total. The minimum Gasteiger partial charge on any atom is -0.456 e. The van der Waals surface area contributed by atoms with E-state index < -0.39 is 48.7 Å². The minimum absolute atomic E-state index is 0.666. The van der Waals surface area contributed by atoms with Crippen molar-refractivity contribution in [2.24, 2.45) is 0 Å². The molecule has 1 heterocycles. The van der Waals surface area contributed by atoms with Gasteiger partial charge in [-0.05, 0) is 6.92 Å². The molecule has 0 aliphatic carbocycles. The number of ether oxygens (including phenoxy) is 4. The number of carbonyl (C=O) groups excluding carboxylic acids is 3. The molecule has 8 heteroatoms. The lowest BCUT2D eigenvalue weighted by Crippen LogP contribution is -2.58. The van der Waals surface area contributed by atoms with Crippen LogP contribution in [0.15, 0.2) is 0 Å². The van der Waals surface area contributed by atoms with Crippen molar-refractivity contribution in [1.82, 2.24) is 0 Å². The molecule has 0 amide bonds. The molecule has 0 aromatic heterocycles. The van der Waals surface area contributed by atoms with Gasteiger partial charge in [-0.2, -0.15) is 0 Å². The van der Waals surface area contributed by atoms with Gasteiger partial charge in [-0.25, -0.2) is 4.39 Å². The summed E-state index contributed by atoms with van der Waals surface area (Å²) < 4.78 is 33.8. The Labute approximate surface area is 115 Å². The summed E-state index contributed by atoms with van der Waals surface area (Å²) in [6, 6.07) is 0. The topological polar surface area (TPSA) is 88.1 Å². The van der Waals surface area contributed by atoms with E-state index in [0.29, 0.717) is 0 Å². The third kappa shape index (κ3) is 4.16. The van der Waals surface area contributed by atoms with Crippen molar-refractivity contribution in [3.05, 3.63) is 0 Å². The van der Waals surface area contributed by atoms with Crippen LogP contribution in [0, 0.1) is 0 Å². The summed E-state index contributed by atoms with van der Waals surface area (Å²) in [5, 5.41) is 0. The molecular formula is C12H17FO7. The third-order valence-electron chi connectivity index (χ3n) is 2.60. The fraction of sp³-hybridized carbons (Fsp3) is 0.750. The van der Waals surface area contributed by atoms with Crippen molar-refractivity contribution < 1.29 is 37.7 Å². The van der Waals surface area contributed by atoms with Crippen molar-refractivity contribution in [2.45, 2.75) is 58.5 Å². The minimum atomic E-state index is -1.96. The Bertz CT molecular complexity index is 397. The Balaban J connectivity index is 2.93. The first-order valence-corrected chi connectivity index (χ1v) is 6.03. The average Bonchev–Trinajstić information content (AvgIpc) is 2.28. The van der Waals surface area contributed by atoms with Crippen LogP contribution in [0.5, 0.6) is 0 Å². The number of hydrogen-bond donors (Lipinski definition) is 0. The highest BCUT2D eigenvalue weighted by atomic mass is 19.1. The fourth-order valence-corrected chi connectivity index (χ4v) is 1.90. The van der Waals surface area contributed by atoms with Crippen molar-refractivity contribution in [3.8, 4) is 0 Å². The third-order valence-corrected chi connectivity index (χ3v) is 2.60. The molecule has 5 atom stereocenters. The Morgan fingerprint density at radius 1 is 0.900 bits per heavy atom. The molecule has 0 spiro atoms. The van der Waals surface area contributed by atoms with E-state index in [1.165, 1.54) is 6.92 Å². The maximum Gasteiger partial charge on any atom is 0.305 e. The van der Waals surface area contributed by atoms with Crippen molar-refractivity contribution in [2.75, 3.05) is 0 Å². The van der Waals surface area contributed by atoms with Gasteiger partial charge >= 0.3 is 17.9 Å². The first-order valence-electron chi connectivity index (χ1n) is 6.03. The van der Waals surface area contributed by atoms with Crippen molar-refractivity contribution in [1.29, 1.82) is 0 Å². The molecule has 0 N–H and O–H groups in total. The predicted molar refractivity (Wildman–Crippen MR) is 62.1 cm³/mol. The number of hydrogen-bond acceptors (Lipinski definition) is 7. The van der Waals surface area contributed by atoms with Crippen LogP contribution in [-0.4, -0.2) is 48.7 Å². The maximum atomic E-state index is 14.2. The van der Waals surface area contributed by atoms with Gasteiger partial charge in [0.25, 0.3) is 0 Å². The van der Waals surface area contributed by atoms with E-state index in [4.69, 9.17) is 14.2 Å². The van der Waals surface area contributed by atoms with E-state index in [1.807, 2.05) is 0 Å². The van der Waals surface area contributed by atoms with Crippen LogP contribution < -0.4 is 0 Å². The van der Waals surface area contributed by atoms with Gasteiger partial charge < -0.3 is 18.9 Å². The highest BCUT2D eigenvalue weighted by molar-refractivity contribution is 5.68. The lowest BCUT2D eigenvalue weighted by Gasteiger charge is -2.40.